The first-order chi connectivity index (χ1) is 11.9. The average molecular weight is 345 g/mol. The zero-order valence-electron chi connectivity index (χ0n) is 15.2. The summed E-state index contributed by atoms with van der Waals surface area (Å²) in [4.78, 5) is 26.3. The first kappa shape index (κ1) is 19.0. The van der Waals surface area contributed by atoms with Gasteiger partial charge in [-0.3, -0.25) is 9.59 Å². The predicted octanol–water partition coefficient (Wildman–Crippen LogP) is 3.89. The number of carbonyl (C=O) groups is 2. The molecule has 2 N–H and O–H groups in total. The van der Waals surface area contributed by atoms with Crippen LogP contribution in [-0.2, 0) is 9.59 Å². The van der Waals surface area contributed by atoms with Gasteiger partial charge < -0.3 is 15.1 Å². The highest BCUT2D eigenvalue weighted by atomic mass is 16.3. The predicted molar refractivity (Wildman–Crippen MR) is 96.2 cm³/mol. The van der Waals surface area contributed by atoms with E-state index in [0.717, 1.165) is 25.7 Å². The molecule has 0 fully saturated rings. The summed E-state index contributed by atoms with van der Waals surface area (Å²) >= 11 is 0. The molecule has 0 unspecified atom stereocenters. The lowest BCUT2D eigenvalue weighted by Gasteiger charge is -2.30. The van der Waals surface area contributed by atoms with Crippen LogP contribution in [0.2, 0.25) is 0 Å². The highest BCUT2D eigenvalue weighted by molar-refractivity contribution is 6.08. The van der Waals surface area contributed by atoms with Gasteiger partial charge in [0.15, 0.2) is 11.5 Å². The van der Waals surface area contributed by atoms with Crippen LogP contribution < -0.4 is 0 Å². The van der Waals surface area contributed by atoms with Crippen LogP contribution in [0.25, 0.3) is 0 Å². The molecule has 1 aliphatic rings. The van der Waals surface area contributed by atoms with Crippen LogP contribution in [0.5, 0.6) is 5.75 Å². The maximum absolute atomic E-state index is 12.6. The van der Waals surface area contributed by atoms with Gasteiger partial charge in [0.2, 0.25) is 0 Å². The van der Waals surface area contributed by atoms with Crippen molar-refractivity contribution in [1.82, 2.24) is 4.90 Å². The fraction of sp³-hybridized carbons (Fsp3) is 0.500. The quantitative estimate of drug-likeness (QED) is 0.749. The largest absolute Gasteiger partial charge is 0.508 e. The molecule has 1 aromatic rings. The van der Waals surface area contributed by atoms with E-state index in [0.29, 0.717) is 18.0 Å². The normalized spacial score (nSPS) is 18.8. The average Bonchev–Trinajstić information content (AvgIpc) is 2.83. The van der Waals surface area contributed by atoms with Crippen molar-refractivity contribution in [3.05, 3.63) is 41.2 Å². The number of amides is 1. The molecule has 0 bridgehead atoms. The van der Waals surface area contributed by atoms with Crippen molar-refractivity contribution in [3.8, 4) is 5.75 Å². The van der Waals surface area contributed by atoms with Crippen molar-refractivity contribution in [3.63, 3.8) is 0 Å². The van der Waals surface area contributed by atoms with Crippen LogP contribution in [0.15, 0.2) is 35.6 Å². The Hall–Kier alpha value is -2.30. The second-order valence-corrected chi connectivity index (χ2v) is 6.69. The molecule has 1 heterocycles. The third-order valence-electron chi connectivity index (χ3n) is 4.87. The SMILES string of the molecule is CCCC[C@@H](CC)CN1C(=O)C(O)=C(C(C)=O)[C@H]1c1cccc(O)c1. The fourth-order valence-electron chi connectivity index (χ4n) is 3.44. The van der Waals surface area contributed by atoms with E-state index in [-0.39, 0.29) is 17.1 Å². The van der Waals surface area contributed by atoms with Gasteiger partial charge >= 0.3 is 0 Å². The summed E-state index contributed by atoms with van der Waals surface area (Å²) in [6, 6.07) is 5.87. The number of Topliss-reactive ketones (excluding diaryl/α,β-unsaturated/α-hetero) is 1. The third-order valence-corrected chi connectivity index (χ3v) is 4.87. The zero-order chi connectivity index (χ0) is 18.6. The van der Waals surface area contributed by atoms with E-state index in [2.05, 4.69) is 13.8 Å². The minimum Gasteiger partial charge on any atom is -0.508 e. The Kier molecular flexibility index (Phi) is 6.23. The Morgan fingerprint density at radius 3 is 2.56 bits per heavy atom. The maximum Gasteiger partial charge on any atom is 0.290 e. The number of hydrogen-bond donors (Lipinski definition) is 2. The third kappa shape index (κ3) is 4.03. The summed E-state index contributed by atoms with van der Waals surface area (Å²) in [5.74, 6) is -0.928. The van der Waals surface area contributed by atoms with Gasteiger partial charge in [0.05, 0.1) is 11.6 Å². The number of carbonyl (C=O) groups excluding carboxylic acids is 2. The van der Waals surface area contributed by atoms with Crippen LogP contribution in [-0.4, -0.2) is 33.3 Å². The Labute approximate surface area is 149 Å². The van der Waals surface area contributed by atoms with E-state index in [9.17, 15) is 19.8 Å². The van der Waals surface area contributed by atoms with E-state index >= 15 is 0 Å². The summed E-state index contributed by atoms with van der Waals surface area (Å²) in [5, 5.41) is 20.1. The first-order valence-corrected chi connectivity index (χ1v) is 8.94. The molecule has 5 heteroatoms. The summed E-state index contributed by atoms with van der Waals surface area (Å²) in [6.07, 6.45) is 4.09. The van der Waals surface area contributed by atoms with Gasteiger partial charge in [-0.05, 0) is 37.0 Å². The molecular weight excluding hydrogens is 318 g/mol. The van der Waals surface area contributed by atoms with Gasteiger partial charge in [-0.25, -0.2) is 0 Å². The molecule has 1 aromatic carbocycles. The lowest BCUT2D eigenvalue weighted by molar-refractivity contribution is -0.130. The molecular formula is C20H27NO4. The molecule has 0 saturated carbocycles. The Morgan fingerprint density at radius 2 is 2.00 bits per heavy atom. The smallest absolute Gasteiger partial charge is 0.290 e. The van der Waals surface area contributed by atoms with E-state index in [1.807, 2.05) is 0 Å². The Morgan fingerprint density at radius 1 is 1.28 bits per heavy atom. The van der Waals surface area contributed by atoms with E-state index in [1.54, 1.807) is 23.1 Å². The summed E-state index contributed by atoms with van der Waals surface area (Å²) in [7, 11) is 0. The number of aromatic hydroxyl groups is 1. The topological polar surface area (TPSA) is 77.8 Å². The van der Waals surface area contributed by atoms with Gasteiger partial charge in [-0.1, -0.05) is 45.2 Å². The number of benzene rings is 1. The highest BCUT2D eigenvalue weighted by Gasteiger charge is 2.42. The zero-order valence-corrected chi connectivity index (χ0v) is 15.2. The minimum absolute atomic E-state index is 0.0669. The number of hydrogen-bond acceptors (Lipinski definition) is 4. The molecule has 0 aliphatic carbocycles. The van der Waals surface area contributed by atoms with Gasteiger partial charge in [-0.2, -0.15) is 0 Å². The number of unbranched alkanes of at least 4 members (excludes halogenated alkanes) is 1. The summed E-state index contributed by atoms with van der Waals surface area (Å²) < 4.78 is 0. The lowest BCUT2D eigenvalue weighted by Crippen LogP contribution is -2.35. The molecule has 2 rings (SSSR count). The van der Waals surface area contributed by atoms with Gasteiger partial charge in [0, 0.05) is 6.54 Å². The Bertz CT molecular complexity index is 680. The van der Waals surface area contributed by atoms with Crippen LogP contribution in [0.3, 0.4) is 0 Å². The molecule has 25 heavy (non-hydrogen) atoms. The van der Waals surface area contributed by atoms with Gasteiger partial charge in [0.25, 0.3) is 5.91 Å². The lowest BCUT2D eigenvalue weighted by atomic mass is 9.94. The molecule has 136 valence electrons. The highest BCUT2D eigenvalue weighted by Crippen LogP contribution is 2.39. The van der Waals surface area contributed by atoms with Gasteiger partial charge in [0.1, 0.15) is 5.75 Å². The van der Waals surface area contributed by atoms with Crippen molar-refractivity contribution in [2.75, 3.05) is 6.54 Å². The Balaban J connectivity index is 2.39. The minimum atomic E-state index is -0.646. The van der Waals surface area contributed by atoms with E-state index < -0.39 is 17.7 Å². The number of aliphatic hydroxyl groups is 1. The number of phenols is 1. The second kappa shape index (κ2) is 8.19. The van der Waals surface area contributed by atoms with Crippen molar-refractivity contribution in [2.45, 2.75) is 52.5 Å². The fourth-order valence-corrected chi connectivity index (χ4v) is 3.44. The van der Waals surface area contributed by atoms with Gasteiger partial charge in [-0.15, -0.1) is 0 Å². The first-order valence-electron chi connectivity index (χ1n) is 8.94. The number of phenolic OH excluding ortho intramolecular Hbond substituents is 1. The molecule has 0 saturated heterocycles. The molecule has 5 nitrogen and oxygen atoms in total. The van der Waals surface area contributed by atoms with Crippen molar-refractivity contribution in [2.24, 2.45) is 5.92 Å². The molecule has 0 radical (unpaired) electrons. The molecule has 1 amide bonds. The van der Waals surface area contributed by atoms with Crippen molar-refractivity contribution in [1.29, 1.82) is 0 Å². The molecule has 0 aromatic heterocycles. The summed E-state index contributed by atoms with van der Waals surface area (Å²) in [6.45, 7) is 6.05. The molecule has 2 atom stereocenters. The standard InChI is InChI=1S/C20H27NO4/c1-4-6-8-14(5-2)12-21-18(15-9-7-10-16(23)11-15)17(13(3)22)19(24)20(21)25/h7,9-11,14,18,23-24H,4-6,8,12H2,1-3H3/t14-,18-/m1/s1. The number of ketones is 1. The monoisotopic (exact) mass is 345 g/mol. The van der Waals surface area contributed by atoms with E-state index in [4.69, 9.17) is 0 Å². The maximum atomic E-state index is 12.6. The molecule has 1 aliphatic heterocycles. The second-order valence-electron chi connectivity index (χ2n) is 6.69. The van der Waals surface area contributed by atoms with E-state index in [1.165, 1.54) is 13.0 Å². The van der Waals surface area contributed by atoms with Crippen LogP contribution in [0.1, 0.15) is 58.1 Å². The van der Waals surface area contributed by atoms with Crippen molar-refractivity contribution < 1.29 is 19.8 Å². The van der Waals surface area contributed by atoms with Crippen molar-refractivity contribution >= 4 is 11.7 Å². The van der Waals surface area contributed by atoms with Crippen LogP contribution in [0.4, 0.5) is 0 Å². The molecule has 0 spiro atoms. The number of nitrogens with zero attached hydrogens (tertiary/aromatic N) is 1. The number of aliphatic hydroxyl groups excluding tert-OH is 1. The number of rotatable bonds is 8. The summed E-state index contributed by atoms with van der Waals surface area (Å²) in [5.41, 5.74) is 0.744. The van der Waals surface area contributed by atoms with Crippen LogP contribution >= 0.6 is 0 Å². The van der Waals surface area contributed by atoms with Crippen LogP contribution in [0, 0.1) is 5.92 Å².